The summed E-state index contributed by atoms with van der Waals surface area (Å²) in [5.41, 5.74) is 0.0710. The molecule has 0 saturated carbocycles. The quantitative estimate of drug-likeness (QED) is 0.661. The van der Waals surface area contributed by atoms with E-state index in [-0.39, 0.29) is 23.1 Å². The Bertz CT molecular complexity index is 454. The lowest BCUT2D eigenvalue weighted by Crippen LogP contribution is -1.97. The molecule has 0 N–H and O–H groups in total. The fourth-order valence-electron chi connectivity index (χ4n) is 1.07. The zero-order valence-electron chi connectivity index (χ0n) is 7.12. The van der Waals surface area contributed by atoms with Crippen molar-refractivity contribution < 1.29 is 9.18 Å². The van der Waals surface area contributed by atoms with Gasteiger partial charge in [-0.2, -0.15) is 10.5 Å². The molecule has 0 radical (unpaired) electrons. The Hall–Kier alpha value is -2.20. The lowest BCUT2D eigenvalue weighted by atomic mass is 10.0. The zero-order chi connectivity index (χ0) is 10.6. The zero-order valence-corrected chi connectivity index (χ0v) is 7.12. The summed E-state index contributed by atoms with van der Waals surface area (Å²) in [7, 11) is 0. The Kier molecular flexibility index (Phi) is 2.93. The molecule has 1 aromatic carbocycles. The van der Waals surface area contributed by atoms with Crippen molar-refractivity contribution in [2.24, 2.45) is 0 Å². The van der Waals surface area contributed by atoms with Crippen LogP contribution < -0.4 is 0 Å². The maximum atomic E-state index is 13.3. The van der Waals surface area contributed by atoms with Crippen LogP contribution in [0.25, 0.3) is 0 Å². The van der Waals surface area contributed by atoms with Crippen molar-refractivity contribution in [3.63, 3.8) is 0 Å². The minimum atomic E-state index is -0.722. The first-order valence-corrected chi connectivity index (χ1v) is 3.77. The third kappa shape index (κ3) is 1.75. The Balaban J connectivity index is 3.37. The van der Waals surface area contributed by atoms with Crippen LogP contribution in [-0.4, -0.2) is 6.29 Å². The van der Waals surface area contributed by atoms with E-state index in [9.17, 15) is 9.18 Å². The number of hydrogen-bond acceptors (Lipinski definition) is 3. The van der Waals surface area contributed by atoms with Gasteiger partial charge in [0.2, 0.25) is 0 Å². The minimum absolute atomic E-state index is 0.0775. The minimum Gasteiger partial charge on any atom is -0.298 e. The first kappa shape index (κ1) is 9.88. The number of benzene rings is 1. The molecule has 0 bridgehead atoms. The van der Waals surface area contributed by atoms with E-state index in [2.05, 4.69) is 0 Å². The van der Waals surface area contributed by atoms with Gasteiger partial charge in [0.1, 0.15) is 5.82 Å². The van der Waals surface area contributed by atoms with Crippen molar-refractivity contribution in [2.75, 3.05) is 0 Å². The molecule has 0 aliphatic heterocycles. The summed E-state index contributed by atoms with van der Waals surface area (Å²) in [6.07, 6.45) is 0.180. The number of halogens is 1. The second kappa shape index (κ2) is 4.15. The maximum Gasteiger partial charge on any atom is 0.153 e. The van der Waals surface area contributed by atoms with Crippen molar-refractivity contribution in [3.05, 3.63) is 34.6 Å². The predicted octanol–water partition coefficient (Wildman–Crippen LogP) is 1.58. The Morgan fingerprint density at radius 1 is 1.43 bits per heavy atom. The fourth-order valence-corrected chi connectivity index (χ4v) is 1.07. The monoisotopic (exact) mass is 188 g/mol. The van der Waals surface area contributed by atoms with Crippen molar-refractivity contribution in [1.82, 2.24) is 0 Å². The molecule has 1 rings (SSSR count). The highest BCUT2D eigenvalue weighted by atomic mass is 19.1. The molecule has 68 valence electrons. The van der Waals surface area contributed by atoms with Crippen LogP contribution in [0.5, 0.6) is 0 Å². The number of hydrogen-bond donors (Lipinski definition) is 0. The van der Waals surface area contributed by atoms with Gasteiger partial charge in [-0.25, -0.2) is 4.39 Å². The smallest absolute Gasteiger partial charge is 0.153 e. The SMILES string of the molecule is N#CCc1cc(C#N)cc(C=O)c1F. The van der Waals surface area contributed by atoms with Gasteiger partial charge in [0.05, 0.1) is 29.7 Å². The van der Waals surface area contributed by atoms with Crippen LogP contribution >= 0.6 is 0 Å². The van der Waals surface area contributed by atoms with Crippen LogP contribution in [0, 0.1) is 28.5 Å². The van der Waals surface area contributed by atoms with Crippen LogP contribution in [0.15, 0.2) is 12.1 Å². The van der Waals surface area contributed by atoms with Gasteiger partial charge in [0, 0.05) is 5.56 Å². The Labute approximate surface area is 80.0 Å². The van der Waals surface area contributed by atoms with E-state index in [0.29, 0.717) is 6.29 Å². The van der Waals surface area contributed by atoms with Gasteiger partial charge in [-0.05, 0) is 12.1 Å². The third-order valence-corrected chi connectivity index (χ3v) is 1.70. The molecule has 0 aliphatic rings. The molecule has 0 fully saturated rings. The summed E-state index contributed by atoms with van der Waals surface area (Å²) in [5.74, 6) is -0.722. The Morgan fingerprint density at radius 2 is 2.14 bits per heavy atom. The molecule has 0 atom stereocenters. The van der Waals surface area contributed by atoms with Crippen LogP contribution in [0.2, 0.25) is 0 Å². The summed E-state index contributed by atoms with van der Waals surface area (Å²) in [6.45, 7) is 0. The first-order chi connectivity index (χ1) is 6.72. The summed E-state index contributed by atoms with van der Waals surface area (Å²) in [4.78, 5) is 10.4. The number of aldehydes is 1. The molecule has 0 heterocycles. The van der Waals surface area contributed by atoms with E-state index in [1.165, 1.54) is 6.07 Å². The number of rotatable bonds is 2. The largest absolute Gasteiger partial charge is 0.298 e. The van der Waals surface area contributed by atoms with Gasteiger partial charge in [-0.1, -0.05) is 0 Å². The molecule has 0 aliphatic carbocycles. The summed E-state index contributed by atoms with van der Waals surface area (Å²) < 4.78 is 13.3. The van der Waals surface area contributed by atoms with E-state index in [1.54, 1.807) is 12.1 Å². The van der Waals surface area contributed by atoms with Gasteiger partial charge in [-0.15, -0.1) is 0 Å². The Morgan fingerprint density at radius 3 is 2.64 bits per heavy atom. The van der Waals surface area contributed by atoms with Crippen molar-refractivity contribution in [2.45, 2.75) is 6.42 Å². The molecule has 3 nitrogen and oxygen atoms in total. The molecular weight excluding hydrogens is 183 g/mol. The molecule has 4 heteroatoms. The average Bonchev–Trinajstić information content (AvgIpc) is 2.21. The van der Waals surface area contributed by atoms with E-state index in [4.69, 9.17) is 10.5 Å². The summed E-state index contributed by atoms with van der Waals surface area (Å²) in [5, 5.41) is 17.0. The second-order valence-corrected chi connectivity index (χ2v) is 2.60. The molecule has 0 saturated heterocycles. The van der Waals surface area contributed by atoms with Crippen molar-refractivity contribution in [1.29, 1.82) is 10.5 Å². The predicted molar refractivity (Wildman–Crippen MR) is 45.8 cm³/mol. The van der Waals surface area contributed by atoms with Crippen LogP contribution in [0.4, 0.5) is 4.39 Å². The van der Waals surface area contributed by atoms with Crippen LogP contribution in [0.3, 0.4) is 0 Å². The summed E-state index contributed by atoms with van der Waals surface area (Å²) >= 11 is 0. The lowest BCUT2D eigenvalue weighted by Gasteiger charge is -2.01. The number of nitrogens with zero attached hydrogens (tertiary/aromatic N) is 2. The van der Waals surface area contributed by atoms with Crippen molar-refractivity contribution >= 4 is 6.29 Å². The topological polar surface area (TPSA) is 64.7 Å². The van der Waals surface area contributed by atoms with Gasteiger partial charge in [-0.3, -0.25) is 4.79 Å². The standard InChI is InChI=1S/C10H5FN2O/c11-10-8(1-2-12)3-7(5-13)4-9(10)6-14/h3-4,6H,1H2. The van der Waals surface area contributed by atoms with E-state index < -0.39 is 5.82 Å². The normalized spacial score (nSPS) is 8.79. The lowest BCUT2D eigenvalue weighted by molar-refractivity contribution is 0.111. The van der Waals surface area contributed by atoms with E-state index >= 15 is 0 Å². The fraction of sp³-hybridized carbons (Fsp3) is 0.100. The highest BCUT2D eigenvalue weighted by Gasteiger charge is 2.09. The van der Waals surface area contributed by atoms with Gasteiger partial charge >= 0.3 is 0 Å². The number of nitriles is 2. The molecule has 0 amide bonds. The molecule has 0 aromatic heterocycles. The van der Waals surface area contributed by atoms with Crippen LogP contribution in [-0.2, 0) is 6.42 Å². The maximum absolute atomic E-state index is 13.3. The summed E-state index contributed by atoms with van der Waals surface area (Å²) in [6, 6.07) is 5.98. The third-order valence-electron chi connectivity index (χ3n) is 1.70. The van der Waals surface area contributed by atoms with Gasteiger partial charge in [0.25, 0.3) is 0 Å². The number of carbonyl (C=O) groups excluding carboxylic acids is 1. The van der Waals surface area contributed by atoms with E-state index in [0.717, 1.165) is 6.07 Å². The first-order valence-electron chi connectivity index (χ1n) is 3.77. The molecule has 0 unspecified atom stereocenters. The highest BCUT2D eigenvalue weighted by Crippen LogP contribution is 2.14. The second-order valence-electron chi connectivity index (χ2n) is 2.60. The van der Waals surface area contributed by atoms with Gasteiger partial charge < -0.3 is 0 Å². The number of carbonyl (C=O) groups is 1. The molecule has 14 heavy (non-hydrogen) atoms. The van der Waals surface area contributed by atoms with E-state index in [1.807, 2.05) is 0 Å². The molecular formula is C10H5FN2O. The van der Waals surface area contributed by atoms with Gasteiger partial charge in [0.15, 0.2) is 6.29 Å². The van der Waals surface area contributed by atoms with Crippen molar-refractivity contribution in [3.8, 4) is 12.1 Å². The molecule has 1 aromatic rings. The average molecular weight is 188 g/mol. The van der Waals surface area contributed by atoms with Crippen LogP contribution in [0.1, 0.15) is 21.5 Å². The molecule has 0 spiro atoms. The highest BCUT2D eigenvalue weighted by molar-refractivity contribution is 5.76.